The monoisotopic (exact) mass is 523 g/mol. The highest BCUT2D eigenvalue weighted by molar-refractivity contribution is 5.94. The zero-order chi connectivity index (χ0) is 26.4. The van der Waals surface area contributed by atoms with Crippen LogP contribution in [0.4, 0.5) is 22.2 Å². The quantitative estimate of drug-likeness (QED) is 0.209. The van der Waals surface area contributed by atoms with Gasteiger partial charge >= 0.3 is 0 Å². The van der Waals surface area contributed by atoms with Crippen LogP contribution in [0.1, 0.15) is 35.2 Å². The standard InChI is InChI=1S/C27H34FN7O3/c28-22-9-4-6-20(18-22)19-31-26-33-25(34-27(35-26)32-23-10-5-11-23)30-13-15-38-17-16-37-14-12-29-24(36)21-7-2-1-3-8-21/h1-4,6-9,18,23H,5,10-17,19H2,(H,29,36)(H3,30,31,32,33,34,35). The second kappa shape index (κ2) is 14.8. The third kappa shape index (κ3) is 9.24. The second-order valence-corrected chi connectivity index (χ2v) is 8.84. The molecule has 4 N–H and O–H groups in total. The van der Waals surface area contributed by atoms with Gasteiger partial charge in [0.1, 0.15) is 5.82 Å². The van der Waals surface area contributed by atoms with Crippen LogP contribution in [0.2, 0.25) is 0 Å². The van der Waals surface area contributed by atoms with E-state index in [9.17, 15) is 9.18 Å². The number of anilines is 3. The minimum absolute atomic E-state index is 0.117. The van der Waals surface area contributed by atoms with Gasteiger partial charge in [0, 0.05) is 31.2 Å². The van der Waals surface area contributed by atoms with Gasteiger partial charge in [-0.1, -0.05) is 30.3 Å². The van der Waals surface area contributed by atoms with Crippen molar-refractivity contribution in [2.24, 2.45) is 0 Å². The Morgan fingerprint density at radius 1 is 0.842 bits per heavy atom. The third-order valence-corrected chi connectivity index (χ3v) is 5.88. The number of hydrogen-bond acceptors (Lipinski definition) is 9. The normalized spacial score (nSPS) is 13.0. The Morgan fingerprint density at radius 2 is 1.55 bits per heavy atom. The lowest BCUT2D eigenvalue weighted by molar-refractivity contribution is 0.0519. The largest absolute Gasteiger partial charge is 0.377 e. The molecular weight excluding hydrogens is 489 g/mol. The maximum absolute atomic E-state index is 13.5. The summed E-state index contributed by atoms with van der Waals surface area (Å²) in [6.07, 6.45) is 3.38. The van der Waals surface area contributed by atoms with E-state index < -0.39 is 0 Å². The first kappa shape index (κ1) is 27.2. The number of nitrogens with zero attached hydrogens (tertiary/aromatic N) is 3. The lowest BCUT2D eigenvalue weighted by Crippen LogP contribution is -2.28. The summed E-state index contributed by atoms with van der Waals surface area (Å²) < 4.78 is 24.6. The molecule has 0 radical (unpaired) electrons. The van der Waals surface area contributed by atoms with Gasteiger partial charge in [-0.2, -0.15) is 15.0 Å². The van der Waals surface area contributed by atoms with Crippen molar-refractivity contribution in [3.63, 3.8) is 0 Å². The summed E-state index contributed by atoms with van der Waals surface area (Å²) in [4.78, 5) is 25.3. The van der Waals surface area contributed by atoms with Gasteiger partial charge < -0.3 is 30.7 Å². The number of benzene rings is 2. The van der Waals surface area contributed by atoms with Crippen LogP contribution >= 0.6 is 0 Å². The van der Waals surface area contributed by atoms with Gasteiger partial charge in [-0.3, -0.25) is 4.79 Å². The Hall–Kier alpha value is -3.83. The van der Waals surface area contributed by atoms with E-state index >= 15 is 0 Å². The van der Waals surface area contributed by atoms with Crippen LogP contribution in [-0.2, 0) is 16.0 Å². The van der Waals surface area contributed by atoms with E-state index in [0.717, 1.165) is 18.4 Å². The molecule has 1 aliphatic rings. The summed E-state index contributed by atoms with van der Waals surface area (Å²) in [7, 11) is 0. The molecule has 4 rings (SSSR count). The Balaban J connectivity index is 1.13. The van der Waals surface area contributed by atoms with Gasteiger partial charge in [0.2, 0.25) is 17.8 Å². The molecule has 3 aromatic rings. The van der Waals surface area contributed by atoms with Crippen molar-refractivity contribution in [2.75, 3.05) is 55.5 Å². The van der Waals surface area contributed by atoms with Crippen LogP contribution < -0.4 is 21.3 Å². The molecule has 0 saturated heterocycles. The molecule has 0 spiro atoms. The van der Waals surface area contributed by atoms with Gasteiger partial charge in [-0.15, -0.1) is 0 Å². The van der Waals surface area contributed by atoms with Crippen molar-refractivity contribution in [1.29, 1.82) is 0 Å². The first-order valence-electron chi connectivity index (χ1n) is 12.9. The number of aromatic nitrogens is 3. The molecule has 0 bridgehead atoms. The molecule has 1 fully saturated rings. The van der Waals surface area contributed by atoms with Crippen molar-refractivity contribution in [3.8, 4) is 0 Å². The summed E-state index contributed by atoms with van der Waals surface area (Å²) >= 11 is 0. The first-order chi connectivity index (χ1) is 18.7. The highest BCUT2D eigenvalue weighted by atomic mass is 19.1. The van der Waals surface area contributed by atoms with E-state index in [4.69, 9.17) is 9.47 Å². The molecule has 38 heavy (non-hydrogen) atoms. The van der Waals surface area contributed by atoms with Gasteiger partial charge in [0.25, 0.3) is 5.91 Å². The molecule has 1 heterocycles. The minimum Gasteiger partial charge on any atom is -0.377 e. The molecule has 0 aliphatic heterocycles. The number of ether oxygens (including phenoxy) is 2. The number of amides is 1. The lowest BCUT2D eigenvalue weighted by atomic mass is 9.93. The number of rotatable bonds is 16. The van der Waals surface area contributed by atoms with E-state index in [1.54, 1.807) is 18.2 Å². The van der Waals surface area contributed by atoms with Crippen LogP contribution in [0.5, 0.6) is 0 Å². The zero-order valence-electron chi connectivity index (χ0n) is 21.3. The van der Waals surface area contributed by atoms with Crippen molar-refractivity contribution in [2.45, 2.75) is 31.8 Å². The number of hydrogen-bond donors (Lipinski definition) is 4. The van der Waals surface area contributed by atoms with Crippen molar-refractivity contribution in [3.05, 3.63) is 71.5 Å². The Morgan fingerprint density at radius 3 is 2.26 bits per heavy atom. The highest BCUT2D eigenvalue weighted by Crippen LogP contribution is 2.22. The summed E-state index contributed by atoms with van der Waals surface area (Å²) in [5.41, 5.74) is 1.42. The third-order valence-electron chi connectivity index (χ3n) is 5.88. The lowest BCUT2D eigenvalue weighted by Gasteiger charge is -2.26. The molecule has 1 saturated carbocycles. The second-order valence-electron chi connectivity index (χ2n) is 8.84. The van der Waals surface area contributed by atoms with Crippen LogP contribution in [0.3, 0.4) is 0 Å². The van der Waals surface area contributed by atoms with Crippen molar-refractivity contribution >= 4 is 23.8 Å². The van der Waals surface area contributed by atoms with Gasteiger partial charge in [-0.25, -0.2) is 4.39 Å². The van der Waals surface area contributed by atoms with E-state index in [1.807, 2.05) is 24.3 Å². The molecule has 10 nitrogen and oxygen atoms in total. The Labute approximate surface area is 221 Å². The summed E-state index contributed by atoms with van der Waals surface area (Å²) in [5, 5.41) is 12.5. The fourth-order valence-electron chi connectivity index (χ4n) is 3.65. The average Bonchev–Trinajstić information content (AvgIpc) is 2.91. The number of carbonyl (C=O) groups is 1. The van der Waals surface area contributed by atoms with E-state index in [-0.39, 0.29) is 11.7 Å². The fraction of sp³-hybridized carbons (Fsp3) is 0.407. The molecule has 11 heteroatoms. The van der Waals surface area contributed by atoms with Gasteiger partial charge in [0.05, 0.1) is 26.4 Å². The highest BCUT2D eigenvalue weighted by Gasteiger charge is 2.19. The molecule has 2 aromatic carbocycles. The fourth-order valence-corrected chi connectivity index (χ4v) is 3.65. The smallest absolute Gasteiger partial charge is 0.251 e. The van der Waals surface area contributed by atoms with Gasteiger partial charge in [-0.05, 0) is 49.1 Å². The Kier molecular flexibility index (Phi) is 10.6. The number of carbonyl (C=O) groups excluding carboxylic acids is 1. The molecule has 202 valence electrons. The van der Waals surface area contributed by atoms with E-state index in [2.05, 4.69) is 36.2 Å². The summed E-state index contributed by atoms with van der Waals surface area (Å²) in [6, 6.07) is 15.8. The summed E-state index contributed by atoms with van der Waals surface area (Å²) in [5.74, 6) is 0.936. The first-order valence-corrected chi connectivity index (χ1v) is 12.9. The van der Waals surface area contributed by atoms with Crippen LogP contribution in [0, 0.1) is 5.82 Å². The van der Waals surface area contributed by atoms with Crippen LogP contribution in [0.25, 0.3) is 0 Å². The van der Waals surface area contributed by atoms with Crippen molar-refractivity contribution in [1.82, 2.24) is 20.3 Å². The molecule has 1 aromatic heterocycles. The predicted octanol–water partition coefficient (Wildman–Crippen LogP) is 3.46. The Bertz CT molecular complexity index is 1150. The van der Waals surface area contributed by atoms with Crippen LogP contribution in [0.15, 0.2) is 54.6 Å². The maximum Gasteiger partial charge on any atom is 0.251 e. The van der Waals surface area contributed by atoms with Gasteiger partial charge in [0.15, 0.2) is 0 Å². The minimum atomic E-state index is -0.283. The van der Waals surface area contributed by atoms with Crippen LogP contribution in [-0.4, -0.2) is 66.4 Å². The topological polar surface area (TPSA) is 122 Å². The van der Waals surface area contributed by atoms with Crippen molar-refractivity contribution < 1.29 is 18.7 Å². The molecule has 1 amide bonds. The number of nitrogens with one attached hydrogen (secondary N) is 4. The molecule has 0 unspecified atom stereocenters. The predicted molar refractivity (Wildman–Crippen MR) is 144 cm³/mol. The molecule has 0 atom stereocenters. The molecular formula is C27H34FN7O3. The van der Waals surface area contributed by atoms with E-state index in [1.165, 1.54) is 18.6 Å². The van der Waals surface area contributed by atoms with E-state index in [0.29, 0.717) is 75.5 Å². The SMILES string of the molecule is O=C(NCCOCCOCCNc1nc(NCc2cccc(F)c2)nc(NC2CCC2)n1)c1ccccc1. The molecule has 1 aliphatic carbocycles. The summed E-state index contributed by atoms with van der Waals surface area (Å²) in [6.45, 7) is 3.04. The maximum atomic E-state index is 13.5. The zero-order valence-corrected chi connectivity index (χ0v) is 21.3. The average molecular weight is 524 g/mol. The number of halogens is 1.